The zero-order chi connectivity index (χ0) is 17.1. The lowest BCUT2D eigenvalue weighted by molar-refractivity contribution is -0.112. The largest absolute Gasteiger partial charge is 0.508 e. The summed E-state index contributed by atoms with van der Waals surface area (Å²) in [7, 11) is 0. The van der Waals surface area contributed by atoms with Gasteiger partial charge in [0, 0.05) is 31.0 Å². The van der Waals surface area contributed by atoms with Gasteiger partial charge in [-0.15, -0.1) is 0 Å². The smallest absolute Gasteiger partial charge is 0.407 e. The number of hydrogen-bond acceptors (Lipinski definition) is 6. The van der Waals surface area contributed by atoms with Crippen molar-refractivity contribution < 1.29 is 19.4 Å². The van der Waals surface area contributed by atoms with Crippen LogP contribution < -0.4 is 16.0 Å². The average molecular weight is 318 g/mol. The average Bonchev–Trinajstić information content (AvgIpc) is 2.51. The number of nitrogens with one attached hydrogen (secondary N) is 3. The van der Waals surface area contributed by atoms with Crippen LogP contribution in [0.15, 0.2) is 36.0 Å². The highest BCUT2D eigenvalue weighted by molar-refractivity contribution is 6.06. The summed E-state index contributed by atoms with van der Waals surface area (Å²) in [6.07, 6.45) is 0.728. The van der Waals surface area contributed by atoms with Gasteiger partial charge in [-0.1, -0.05) is 6.07 Å². The van der Waals surface area contributed by atoms with E-state index in [0.29, 0.717) is 12.2 Å². The van der Waals surface area contributed by atoms with Crippen LogP contribution in [0.5, 0.6) is 5.75 Å². The zero-order valence-corrected chi connectivity index (χ0v) is 12.6. The molecule has 0 heterocycles. The topological polar surface area (TPSA) is 123 Å². The third kappa shape index (κ3) is 6.86. The number of nitriles is 1. The van der Waals surface area contributed by atoms with Crippen molar-refractivity contribution in [1.82, 2.24) is 10.6 Å². The molecular formula is C15H18N4O4. The summed E-state index contributed by atoms with van der Waals surface area (Å²) < 4.78 is 4.67. The van der Waals surface area contributed by atoms with Crippen molar-refractivity contribution in [1.29, 1.82) is 5.26 Å². The quantitative estimate of drug-likeness (QED) is 0.339. The van der Waals surface area contributed by atoms with Crippen LogP contribution in [0.1, 0.15) is 6.92 Å². The maximum absolute atomic E-state index is 11.9. The Labute approximate surface area is 133 Å². The molecule has 0 saturated heterocycles. The molecule has 1 aromatic carbocycles. The minimum Gasteiger partial charge on any atom is -0.508 e. The number of rotatable bonds is 7. The molecule has 1 aromatic rings. The van der Waals surface area contributed by atoms with Gasteiger partial charge in [0.15, 0.2) is 0 Å². The normalized spacial score (nSPS) is 10.3. The first-order valence-electron chi connectivity index (χ1n) is 6.91. The van der Waals surface area contributed by atoms with Crippen molar-refractivity contribution in [2.75, 3.05) is 25.0 Å². The van der Waals surface area contributed by atoms with Crippen molar-refractivity contribution >= 4 is 17.7 Å². The number of phenols is 1. The second-order valence-corrected chi connectivity index (χ2v) is 4.28. The van der Waals surface area contributed by atoms with Gasteiger partial charge >= 0.3 is 6.09 Å². The first-order valence-corrected chi connectivity index (χ1v) is 6.91. The van der Waals surface area contributed by atoms with Gasteiger partial charge in [0.05, 0.1) is 6.61 Å². The highest BCUT2D eigenvalue weighted by Crippen LogP contribution is 2.15. The first kappa shape index (κ1) is 17.8. The third-order valence-corrected chi connectivity index (χ3v) is 2.53. The van der Waals surface area contributed by atoms with E-state index in [1.165, 1.54) is 18.3 Å². The number of benzene rings is 1. The van der Waals surface area contributed by atoms with Gasteiger partial charge in [-0.3, -0.25) is 4.79 Å². The summed E-state index contributed by atoms with van der Waals surface area (Å²) in [5.41, 5.74) is 0.240. The van der Waals surface area contributed by atoms with Crippen LogP contribution in [0.2, 0.25) is 0 Å². The fourth-order valence-electron chi connectivity index (χ4n) is 1.52. The molecule has 122 valence electrons. The number of ether oxygens (including phenoxy) is 1. The summed E-state index contributed by atoms with van der Waals surface area (Å²) in [6.45, 7) is 2.59. The molecule has 0 spiro atoms. The van der Waals surface area contributed by atoms with Gasteiger partial charge in [0.2, 0.25) is 0 Å². The van der Waals surface area contributed by atoms with E-state index < -0.39 is 12.0 Å². The standard InChI is InChI=1S/C15H18N4O4/c1-2-23-15(22)18-7-6-17-10-11(9-16)14(21)19-12-4-3-5-13(20)8-12/h3-5,8,10,17,20H,2,6-7H2,1H3,(H,18,22)(H,19,21)/b11-10-. The molecule has 2 amide bonds. The molecule has 23 heavy (non-hydrogen) atoms. The molecule has 0 aliphatic carbocycles. The molecule has 0 saturated carbocycles. The van der Waals surface area contributed by atoms with Crippen molar-refractivity contribution in [3.8, 4) is 11.8 Å². The SMILES string of the molecule is CCOC(=O)NCCN/C=C(/C#N)C(=O)Nc1cccc(O)c1. The Hall–Kier alpha value is -3.21. The number of alkyl carbamates (subject to hydrolysis) is 1. The minimum absolute atomic E-state index is 0.00783. The van der Waals surface area contributed by atoms with Gasteiger partial charge in [0.1, 0.15) is 17.4 Å². The van der Waals surface area contributed by atoms with E-state index in [-0.39, 0.29) is 24.5 Å². The van der Waals surface area contributed by atoms with E-state index in [1.807, 2.05) is 0 Å². The predicted molar refractivity (Wildman–Crippen MR) is 83.5 cm³/mol. The van der Waals surface area contributed by atoms with Crippen LogP contribution in [-0.4, -0.2) is 36.8 Å². The molecule has 8 heteroatoms. The first-order chi connectivity index (χ1) is 11.1. The predicted octanol–water partition coefficient (Wildman–Crippen LogP) is 1.07. The van der Waals surface area contributed by atoms with Crippen molar-refractivity contribution in [3.63, 3.8) is 0 Å². The Morgan fingerprint density at radius 2 is 2.17 bits per heavy atom. The monoisotopic (exact) mass is 318 g/mol. The number of amides is 2. The molecule has 8 nitrogen and oxygen atoms in total. The van der Waals surface area contributed by atoms with Gasteiger partial charge in [-0.25, -0.2) is 4.79 Å². The second-order valence-electron chi connectivity index (χ2n) is 4.28. The van der Waals surface area contributed by atoms with Crippen molar-refractivity contribution in [3.05, 3.63) is 36.0 Å². The molecule has 0 aliphatic heterocycles. The number of carbonyl (C=O) groups excluding carboxylic acids is 2. The molecule has 0 unspecified atom stereocenters. The molecule has 0 radical (unpaired) electrons. The van der Waals surface area contributed by atoms with Gasteiger partial charge in [0.25, 0.3) is 5.91 Å². The summed E-state index contributed by atoms with van der Waals surface area (Å²) in [5, 5.41) is 26.0. The molecule has 0 bridgehead atoms. The van der Waals surface area contributed by atoms with Gasteiger partial charge < -0.3 is 25.8 Å². The van der Waals surface area contributed by atoms with E-state index in [4.69, 9.17) is 5.26 Å². The fraction of sp³-hybridized carbons (Fsp3) is 0.267. The number of phenolic OH excluding ortho intramolecular Hbond substituents is 1. The summed E-state index contributed by atoms with van der Waals surface area (Å²) in [6, 6.07) is 7.76. The lowest BCUT2D eigenvalue weighted by atomic mass is 10.2. The highest BCUT2D eigenvalue weighted by atomic mass is 16.5. The fourth-order valence-corrected chi connectivity index (χ4v) is 1.52. The molecule has 0 aromatic heterocycles. The number of carbonyl (C=O) groups is 2. The maximum atomic E-state index is 11.9. The van der Waals surface area contributed by atoms with Crippen molar-refractivity contribution in [2.24, 2.45) is 0 Å². The Morgan fingerprint density at radius 1 is 1.39 bits per heavy atom. The zero-order valence-electron chi connectivity index (χ0n) is 12.6. The maximum Gasteiger partial charge on any atom is 0.407 e. The third-order valence-electron chi connectivity index (χ3n) is 2.53. The molecule has 1 rings (SSSR count). The van der Waals surface area contributed by atoms with E-state index in [1.54, 1.807) is 25.1 Å². The van der Waals surface area contributed by atoms with Crippen molar-refractivity contribution in [2.45, 2.75) is 6.92 Å². The van der Waals surface area contributed by atoms with Crippen LogP contribution in [0.3, 0.4) is 0 Å². The van der Waals surface area contributed by atoms with E-state index in [2.05, 4.69) is 20.7 Å². The lowest BCUT2D eigenvalue weighted by Gasteiger charge is -2.06. The van der Waals surface area contributed by atoms with Gasteiger partial charge in [-0.05, 0) is 19.1 Å². The Kier molecular flexibility index (Phi) is 7.51. The molecule has 4 N–H and O–H groups in total. The second kappa shape index (κ2) is 9.68. The highest BCUT2D eigenvalue weighted by Gasteiger charge is 2.09. The van der Waals surface area contributed by atoms with E-state index in [0.717, 1.165) is 0 Å². The molecule has 0 fully saturated rings. The van der Waals surface area contributed by atoms with Crippen LogP contribution in [-0.2, 0) is 9.53 Å². The van der Waals surface area contributed by atoms with E-state index >= 15 is 0 Å². The number of aromatic hydroxyl groups is 1. The minimum atomic E-state index is -0.607. The Morgan fingerprint density at radius 3 is 2.83 bits per heavy atom. The molecular weight excluding hydrogens is 300 g/mol. The van der Waals surface area contributed by atoms with Gasteiger partial charge in [-0.2, -0.15) is 5.26 Å². The number of nitrogens with zero attached hydrogens (tertiary/aromatic N) is 1. The van der Waals surface area contributed by atoms with Crippen LogP contribution >= 0.6 is 0 Å². The molecule has 0 atom stereocenters. The molecule has 0 aliphatic rings. The summed E-state index contributed by atoms with van der Waals surface area (Å²) in [5.74, 6) is -0.600. The van der Waals surface area contributed by atoms with E-state index in [9.17, 15) is 14.7 Å². The Bertz CT molecular complexity index is 622. The van der Waals surface area contributed by atoms with Crippen LogP contribution in [0.4, 0.5) is 10.5 Å². The number of hydrogen-bond donors (Lipinski definition) is 4. The number of anilines is 1. The summed E-state index contributed by atoms with van der Waals surface area (Å²) >= 11 is 0. The lowest BCUT2D eigenvalue weighted by Crippen LogP contribution is -2.31. The van der Waals surface area contributed by atoms with Crippen LogP contribution in [0, 0.1) is 11.3 Å². The van der Waals surface area contributed by atoms with Crippen LogP contribution in [0.25, 0.3) is 0 Å². The summed E-state index contributed by atoms with van der Waals surface area (Å²) in [4.78, 5) is 22.9. The Balaban J connectivity index is 2.44.